The van der Waals surface area contributed by atoms with Crippen molar-refractivity contribution in [3.8, 4) is 0 Å². The van der Waals surface area contributed by atoms with E-state index in [1.165, 1.54) is 11.3 Å². The van der Waals surface area contributed by atoms with Crippen LogP contribution in [0.15, 0.2) is 0 Å². The Morgan fingerprint density at radius 2 is 2.33 bits per heavy atom. The van der Waals surface area contributed by atoms with Crippen molar-refractivity contribution < 1.29 is 9.90 Å². The van der Waals surface area contributed by atoms with E-state index in [1.807, 2.05) is 0 Å². The van der Waals surface area contributed by atoms with Crippen molar-refractivity contribution in [1.82, 2.24) is 4.98 Å². The third-order valence-corrected chi connectivity index (χ3v) is 3.16. The van der Waals surface area contributed by atoms with Crippen LogP contribution >= 0.6 is 11.3 Å². The van der Waals surface area contributed by atoms with Crippen LogP contribution in [-0.4, -0.2) is 22.1 Å². The molecule has 2 N–H and O–H groups in total. The van der Waals surface area contributed by atoms with Gasteiger partial charge in [-0.2, -0.15) is 0 Å². The number of carbonyl (C=O) groups is 1. The predicted molar refractivity (Wildman–Crippen MR) is 61.8 cm³/mol. The van der Waals surface area contributed by atoms with Gasteiger partial charge in [-0.25, -0.2) is 9.78 Å². The highest BCUT2D eigenvalue weighted by Gasteiger charge is 2.14. The van der Waals surface area contributed by atoms with E-state index in [4.69, 9.17) is 5.11 Å². The van der Waals surface area contributed by atoms with Crippen LogP contribution in [0.3, 0.4) is 0 Å². The number of nitrogens with zero attached hydrogens (tertiary/aromatic N) is 1. The molecule has 1 heterocycles. The molecule has 0 aliphatic rings. The second-order valence-corrected chi connectivity index (χ2v) is 4.57. The number of rotatable bonds is 5. The molecule has 15 heavy (non-hydrogen) atoms. The standard InChI is InChI=1S/C10H16N2O2S/c1-4-5-6(2)11-10-12-7(3)8(15-10)9(13)14/h6H,4-5H2,1-3H3,(H,11,12)(H,13,14). The summed E-state index contributed by atoms with van der Waals surface area (Å²) in [5.41, 5.74) is 0.582. The van der Waals surface area contributed by atoms with E-state index in [0.29, 0.717) is 21.7 Å². The third-order valence-electron chi connectivity index (χ3n) is 2.08. The SMILES string of the molecule is CCCC(C)Nc1nc(C)c(C(=O)O)s1. The molecule has 1 atom stereocenters. The lowest BCUT2D eigenvalue weighted by atomic mass is 10.2. The second kappa shape index (κ2) is 5.11. The van der Waals surface area contributed by atoms with Crippen molar-refractivity contribution in [2.24, 2.45) is 0 Å². The maximum absolute atomic E-state index is 10.8. The van der Waals surface area contributed by atoms with Crippen LogP contribution in [0, 0.1) is 6.92 Å². The average Bonchev–Trinajstić information content (AvgIpc) is 2.47. The number of aromatic nitrogens is 1. The molecule has 0 spiro atoms. The third kappa shape index (κ3) is 3.20. The zero-order chi connectivity index (χ0) is 11.4. The fourth-order valence-corrected chi connectivity index (χ4v) is 2.29. The normalized spacial score (nSPS) is 12.5. The Labute approximate surface area is 93.4 Å². The van der Waals surface area contributed by atoms with Gasteiger partial charge in [-0.05, 0) is 20.3 Å². The first-order valence-electron chi connectivity index (χ1n) is 5.01. The highest BCUT2D eigenvalue weighted by atomic mass is 32.1. The molecule has 1 unspecified atom stereocenters. The van der Waals surface area contributed by atoms with Gasteiger partial charge in [0.2, 0.25) is 0 Å². The van der Waals surface area contributed by atoms with Crippen LogP contribution in [0.5, 0.6) is 0 Å². The minimum atomic E-state index is -0.902. The summed E-state index contributed by atoms with van der Waals surface area (Å²) in [6, 6.07) is 0.335. The summed E-state index contributed by atoms with van der Waals surface area (Å²) in [6.45, 7) is 5.91. The van der Waals surface area contributed by atoms with Crippen LogP contribution in [0.4, 0.5) is 5.13 Å². The number of carboxylic acid groups (broad SMARTS) is 1. The van der Waals surface area contributed by atoms with Gasteiger partial charge in [0, 0.05) is 6.04 Å². The molecule has 0 aliphatic carbocycles. The average molecular weight is 228 g/mol. The molecule has 1 aromatic heterocycles. The van der Waals surface area contributed by atoms with Crippen molar-refractivity contribution in [3.63, 3.8) is 0 Å². The first kappa shape index (κ1) is 12.0. The van der Waals surface area contributed by atoms with E-state index >= 15 is 0 Å². The summed E-state index contributed by atoms with van der Waals surface area (Å²) in [5.74, 6) is -0.902. The van der Waals surface area contributed by atoms with E-state index in [0.717, 1.165) is 12.8 Å². The quantitative estimate of drug-likeness (QED) is 0.813. The Morgan fingerprint density at radius 3 is 2.80 bits per heavy atom. The number of hydrogen-bond acceptors (Lipinski definition) is 4. The first-order chi connectivity index (χ1) is 7.04. The minimum absolute atomic E-state index is 0.321. The van der Waals surface area contributed by atoms with Crippen LogP contribution < -0.4 is 5.32 Å². The molecule has 0 saturated carbocycles. The van der Waals surface area contributed by atoms with Gasteiger partial charge in [0.15, 0.2) is 5.13 Å². The van der Waals surface area contributed by atoms with Gasteiger partial charge < -0.3 is 10.4 Å². The molecule has 0 aromatic carbocycles. The molecule has 1 aromatic rings. The van der Waals surface area contributed by atoms with Gasteiger partial charge >= 0.3 is 5.97 Å². The van der Waals surface area contributed by atoms with E-state index in [9.17, 15) is 4.79 Å². The number of thiazole rings is 1. The smallest absolute Gasteiger partial charge is 0.347 e. The molecule has 0 radical (unpaired) electrons. The summed E-state index contributed by atoms with van der Waals surface area (Å²) in [7, 11) is 0. The van der Waals surface area contributed by atoms with Crippen molar-refractivity contribution in [2.75, 3.05) is 5.32 Å². The summed E-state index contributed by atoms with van der Waals surface area (Å²) in [5, 5.41) is 12.8. The molecule has 1 rings (SSSR count). The number of aryl methyl sites for hydroxylation is 1. The predicted octanol–water partition coefficient (Wildman–Crippen LogP) is 2.75. The first-order valence-corrected chi connectivity index (χ1v) is 5.83. The number of aromatic carboxylic acids is 1. The van der Waals surface area contributed by atoms with Crippen LogP contribution in [0.1, 0.15) is 42.1 Å². The van der Waals surface area contributed by atoms with Crippen LogP contribution in [0.2, 0.25) is 0 Å². The number of anilines is 1. The Hall–Kier alpha value is -1.10. The highest BCUT2D eigenvalue weighted by Crippen LogP contribution is 2.23. The molecule has 0 amide bonds. The van der Waals surface area contributed by atoms with Crippen LogP contribution in [0.25, 0.3) is 0 Å². The molecular weight excluding hydrogens is 212 g/mol. The maximum Gasteiger partial charge on any atom is 0.347 e. The Balaban J connectivity index is 2.71. The lowest BCUT2D eigenvalue weighted by molar-refractivity contribution is 0.0701. The van der Waals surface area contributed by atoms with Gasteiger partial charge in [-0.3, -0.25) is 0 Å². The van der Waals surface area contributed by atoms with Crippen molar-refractivity contribution in [3.05, 3.63) is 10.6 Å². The van der Waals surface area contributed by atoms with Crippen molar-refractivity contribution >= 4 is 22.4 Å². The maximum atomic E-state index is 10.8. The number of hydrogen-bond donors (Lipinski definition) is 2. The van der Waals surface area contributed by atoms with E-state index < -0.39 is 5.97 Å². The lowest BCUT2D eigenvalue weighted by Gasteiger charge is -2.10. The molecule has 0 saturated heterocycles. The molecular formula is C10H16N2O2S. The van der Waals surface area contributed by atoms with Crippen molar-refractivity contribution in [1.29, 1.82) is 0 Å². The summed E-state index contributed by atoms with van der Waals surface area (Å²) in [4.78, 5) is 15.3. The number of nitrogens with one attached hydrogen (secondary N) is 1. The number of carboxylic acids is 1. The molecule has 4 nitrogen and oxygen atoms in total. The molecule has 84 valence electrons. The summed E-state index contributed by atoms with van der Waals surface area (Å²) < 4.78 is 0. The zero-order valence-electron chi connectivity index (χ0n) is 9.20. The largest absolute Gasteiger partial charge is 0.477 e. The lowest BCUT2D eigenvalue weighted by Crippen LogP contribution is -2.14. The van der Waals surface area contributed by atoms with Gasteiger partial charge in [0.25, 0.3) is 0 Å². The minimum Gasteiger partial charge on any atom is -0.477 e. The van der Waals surface area contributed by atoms with Gasteiger partial charge in [0.05, 0.1) is 5.69 Å². The Kier molecular flexibility index (Phi) is 4.08. The van der Waals surface area contributed by atoms with Gasteiger partial charge in [-0.1, -0.05) is 24.7 Å². The van der Waals surface area contributed by atoms with Gasteiger partial charge in [0.1, 0.15) is 4.88 Å². The van der Waals surface area contributed by atoms with E-state index in [2.05, 4.69) is 24.1 Å². The van der Waals surface area contributed by atoms with E-state index in [1.54, 1.807) is 6.92 Å². The molecule has 0 fully saturated rings. The zero-order valence-corrected chi connectivity index (χ0v) is 10.0. The highest BCUT2D eigenvalue weighted by molar-refractivity contribution is 7.17. The molecule has 0 bridgehead atoms. The fourth-order valence-electron chi connectivity index (χ4n) is 1.37. The Morgan fingerprint density at radius 1 is 1.67 bits per heavy atom. The molecule has 0 aliphatic heterocycles. The topological polar surface area (TPSA) is 62.2 Å². The summed E-state index contributed by atoms with van der Waals surface area (Å²) >= 11 is 1.20. The van der Waals surface area contributed by atoms with Crippen molar-refractivity contribution in [2.45, 2.75) is 39.7 Å². The summed E-state index contributed by atoms with van der Waals surface area (Å²) in [6.07, 6.45) is 2.16. The Bertz CT molecular complexity index is 349. The van der Waals surface area contributed by atoms with Crippen LogP contribution in [-0.2, 0) is 0 Å². The van der Waals surface area contributed by atoms with Gasteiger partial charge in [-0.15, -0.1) is 0 Å². The van der Waals surface area contributed by atoms with E-state index in [-0.39, 0.29) is 0 Å². The molecule has 5 heteroatoms. The second-order valence-electron chi connectivity index (χ2n) is 3.57. The fraction of sp³-hybridized carbons (Fsp3) is 0.600. The monoisotopic (exact) mass is 228 g/mol.